The van der Waals surface area contributed by atoms with Gasteiger partial charge in [0.15, 0.2) is 0 Å². The van der Waals surface area contributed by atoms with Gasteiger partial charge >= 0.3 is 5.69 Å². The number of aromatic hydroxyl groups is 1. The minimum absolute atomic E-state index is 0.122. The molecule has 2 aromatic heterocycles. The molecule has 7 nitrogen and oxygen atoms in total. The number of hydrogen-bond acceptors (Lipinski definition) is 5. The zero-order chi connectivity index (χ0) is 27.2. The average molecular weight is 497 g/mol. The van der Waals surface area contributed by atoms with Crippen LogP contribution in [0.25, 0.3) is 27.9 Å². The van der Waals surface area contributed by atoms with Crippen molar-refractivity contribution >= 4 is 17.4 Å². The van der Waals surface area contributed by atoms with Crippen LogP contribution in [0, 0.1) is 5.82 Å². The summed E-state index contributed by atoms with van der Waals surface area (Å²) in [6, 6.07) is 10.9. The minimum Gasteiger partial charge on any atom is -0.507 e. The standard InChI is InChI=1S/C26H25ClFN5O2/c1-16-15-29-7-8-32(16)24-12-18(5-6-30-24)21-14-19(28)13-20(25(21)34)17-3-4-23(22(27)11-17)33-10-9-31(2)26(33)35/h3-6,9-14,16,29,34H,7-8,15H2,1-2H3/t16-/m0/s1/i2D3. The summed E-state index contributed by atoms with van der Waals surface area (Å²) in [5, 5.41) is 14.7. The molecule has 0 unspecified atom stereocenters. The molecule has 0 bridgehead atoms. The Morgan fingerprint density at radius 3 is 2.63 bits per heavy atom. The van der Waals surface area contributed by atoms with Crippen LogP contribution in [-0.2, 0) is 6.98 Å². The van der Waals surface area contributed by atoms with Crippen LogP contribution in [-0.4, -0.2) is 44.9 Å². The molecule has 9 heteroatoms. The number of aryl methyl sites for hydroxylation is 1. The van der Waals surface area contributed by atoms with Gasteiger partial charge in [0, 0.05) is 66.5 Å². The normalized spacial score (nSPS) is 17.6. The summed E-state index contributed by atoms with van der Waals surface area (Å²) in [5.74, 6) is 0.0582. The van der Waals surface area contributed by atoms with Crippen LogP contribution in [0.4, 0.5) is 10.2 Å². The largest absolute Gasteiger partial charge is 0.507 e. The van der Waals surface area contributed by atoms with Gasteiger partial charge in [-0.3, -0.25) is 4.57 Å². The molecule has 1 saturated heterocycles. The van der Waals surface area contributed by atoms with Crippen LogP contribution in [0.5, 0.6) is 5.75 Å². The summed E-state index contributed by atoms with van der Waals surface area (Å²) >= 11 is 6.47. The number of imidazole rings is 1. The monoisotopic (exact) mass is 496 g/mol. The van der Waals surface area contributed by atoms with Crippen molar-refractivity contribution in [3.05, 3.63) is 82.4 Å². The maximum absolute atomic E-state index is 14.8. The predicted molar refractivity (Wildman–Crippen MR) is 136 cm³/mol. The maximum Gasteiger partial charge on any atom is 0.332 e. The van der Waals surface area contributed by atoms with Gasteiger partial charge in [0.25, 0.3) is 0 Å². The molecule has 2 aromatic carbocycles. The first-order valence-electron chi connectivity index (χ1n) is 12.6. The highest BCUT2D eigenvalue weighted by Crippen LogP contribution is 2.41. The van der Waals surface area contributed by atoms with E-state index < -0.39 is 18.5 Å². The van der Waals surface area contributed by atoms with Gasteiger partial charge in [0.2, 0.25) is 0 Å². The number of rotatable bonds is 4. The Labute approximate surface area is 211 Å². The first-order valence-corrected chi connectivity index (χ1v) is 11.5. The number of phenols is 1. The zero-order valence-corrected chi connectivity index (χ0v) is 19.6. The summed E-state index contributed by atoms with van der Waals surface area (Å²) < 4.78 is 39.0. The summed E-state index contributed by atoms with van der Waals surface area (Å²) in [6.07, 6.45) is 4.11. The average Bonchev–Trinajstić information content (AvgIpc) is 3.27. The Kier molecular flexibility index (Phi) is 5.17. The van der Waals surface area contributed by atoms with Crippen molar-refractivity contribution in [3.63, 3.8) is 0 Å². The van der Waals surface area contributed by atoms with Gasteiger partial charge in [-0.25, -0.2) is 14.2 Å². The van der Waals surface area contributed by atoms with E-state index >= 15 is 0 Å². The Morgan fingerprint density at radius 1 is 1.17 bits per heavy atom. The van der Waals surface area contributed by atoms with Gasteiger partial charge in [-0.15, -0.1) is 0 Å². The van der Waals surface area contributed by atoms with Gasteiger partial charge in [0.1, 0.15) is 17.4 Å². The molecule has 0 amide bonds. The second-order valence-electron chi connectivity index (χ2n) is 8.49. The summed E-state index contributed by atoms with van der Waals surface area (Å²) in [4.78, 5) is 19.2. The van der Waals surface area contributed by atoms with E-state index in [-0.39, 0.29) is 28.1 Å². The Hall–Kier alpha value is -3.62. The number of benzene rings is 2. The Bertz CT molecular complexity index is 1570. The number of hydrogen-bond donors (Lipinski definition) is 2. The molecule has 35 heavy (non-hydrogen) atoms. The van der Waals surface area contributed by atoms with Crippen LogP contribution in [0.3, 0.4) is 0 Å². The molecule has 2 N–H and O–H groups in total. The van der Waals surface area contributed by atoms with E-state index in [2.05, 4.69) is 22.1 Å². The van der Waals surface area contributed by atoms with Crippen molar-refractivity contribution < 1.29 is 13.6 Å². The smallest absolute Gasteiger partial charge is 0.332 e. The van der Waals surface area contributed by atoms with Crippen molar-refractivity contribution in [2.45, 2.75) is 13.0 Å². The SMILES string of the molecule is [2H]C([2H])([2H])n1ccn(-c2ccc(-c3cc(F)cc(-c4ccnc(N5CCNC[C@@H]5C)c4)c3O)cc2Cl)c1=O. The molecular weight excluding hydrogens is 469 g/mol. The number of nitrogens with zero attached hydrogens (tertiary/aromatic N) is 4. The van der Waals surface area contributed by atoms with E-state index in [0.29, 0.717) is 21.3 Å². The molecule has 1 aliphatic rings. The number of phenolic OH excluding ortho intramolecular Hbond substituents is 1. The van der Waals surface area contributed by atoms with Crippen molar-refractivity contribution in [2.24, 2.45) is 6.98 Å². The molecule has 1 atom stereocenters. The summed E-state index contributed by atoms with van der Waals surface area (Å²) in [6.45, 7) is 1.90. The van der Waals surface area contributed by atoms with Gasteiger partial charge in [0.05, 0.1) is 10.7 Å². The lowest BCUT2D eigenvalue weighted by Crippen LogP contribution is -2.50. The lowest BCUT2D eigenvalue weighted by atomic mass is 9.97. The van der Waals surface area contributed by atoms with Crippen molar-refractivity contribution in [1.29, 1.82) is 0 Å². The Balaban J connectivity index is 1.53. The number of aromatic nitrogens is 3. The fraction of sp³-hybridized carbons (Fsp3) is 0.231. The minimum atomic E-state index is -2.63. The lowest BCUT2D eigenvalue weighted by Gasteiger charge is -2.35. The van der Waals surface area contributed by atoms with Crippen LogP contribution in [0.2, 0.25) is 5.02 Å². The van der Waals surface area contributed by atoms with E-state index in [1.54, 1.807) is 18.3 Å². The van der Waals surface area contributed by atoms with Gasteiger partial charge < -0.3 is 19.9 Å². The fourth-order valence-electron chi connectivity index (χ4n) is 4.39. The van der Waals surface area contributed by atoms with Crippen LogP contribution < -0.4 is 15.9 Å². The first-order chi connectivity index (χ1) is 18.0. The molecule has 0 aliphatic carbocycles. The molecule has 5 rings (SSSR count). The number of nitrogens with one attached hydrogen (secondary N) is 1. The molecule has 4 aromatic rings. The van der Waals surface area contributed by atoms with Crippen LogP contribution in [0.1, 0.15) is 11.0 Å². The van der Waals surface area contributed by atoms with Crippen LogP contribution >= 0.6 is 11.6 Å². The lowest BCUT2D eigenvalue weighted by molar-refractivity contribution is 0.477. The highest BCUT2D eigenvalue weighted by Gasteiger charge is 2.21. The molecule has 0 spiro atoms. The molecule has 3 heterocycles. The third kappa shape index (κ3) is 4.31. The van der Waals surface area contributed by atoms with Crippen molar-refractivity contribution in [3.8, 4) is 33.7 Å². The molecule has 0 radical (unpaired) electrons. The van der Waals surface area contributed by atoms with E-state index in [0.717, 1.165) is 36.2 Å². The molecule has 0 saturated carbocycles. The van der Waals surface area contributed by atoms with E-state index in [4.69, 9.17) is 15.7 Å². The first kappa shape index (κ1) is 19.7. The van der Waals surface area contributed by atoms with Crippen molar-refractivity contribution in [1.82, 2.24) is 19.4 Å². The number of anilines is 1. The molecular formula is C26H25ClFN5O2. The third-order valence-corrected chi connectivity index (χ3v) is 6.52. The van der Waals surface area contributed by atoms with Crippen LogP contribution in [0.15, 0.2) is 65.8 Å². The maximum atomic E-state index is 14.8. The highest BCUT2D eigenvalue weighted by molar-refractivity contribution is 6.32. The molecule has 180 valence electrons. The van der Waals surface area contributed by atoms with E-state index in [9.17, 15) is 14.3 Å². The fourth-order valence-corrected chi connectivity index (χ4v) is 4.67. The van der Waals surface area contributed by atoms with E-state index in [1.165, 1.54) is 30.5 Å². The number of halogens is 2. The molecule has 1 fully saturated rings. The third-order valence-electron chi connectivity index (χ3n) is 6.22. The quantitative estimate of drug-likeness (QED) is 0.443. The van der Waals surface area contributed by atoms with Gasteiger partial charge in [-0.1, -0.05) is 17.7 Å². The summed E-state index contributed by atoms with van der Waals surface area (Å²) in [5.41, 5.74) is 1.03. The second-order valence-corrected chi connectivity index (χ2v) is 8.89. The van der Waals surface area contributed by atoms with Crippen molar-refractivity contribution in [2.75, 3.05) is 24.5 Å². The Morgan fingerprint density at radius 2 is 1.94 bits per heavy atom. The van der Waals surface area contributed by atoms with Gasteiger partial charge in [-0.2, -0.15) is 0 Å². The van der Waals surface area contributed by atoms with E-state index in [1.807, 2.05) is 6.07 Å². The zero-order valence-electron chi connectivity index (χ0n) is 21.9. The molecule has 1 aliphatic heterocycles. The second kappa shape index (κ2) is 9.20. The highest BCUT2D eigenvalue weighted by atomic mass is 35.5. The summed E-state index contributed by atoms with van der Waals surface area (Å²) in [7, 11) is 0. The topological polar surface area (TPSA) is 75.3 Å². The van der Waals surface area contributed by atoms with Gasteiger partial charge in [-0.05, 0) is 54.4 Å². The number of piperazine rings is 1. The predicted octanol–water partition coefficient (Wildman–Crippen LogP) is 4.20. The number of pyridine rings is 1.